The number of ether oxygens (including phenoxy) is 1. The first-order valence-corrected chi connectivity index (χ1v) is 5.34. The van der Waals surface area contributed by atoms with Gasteiger partial charge in [-0.1, -0.05) is 12.1 Å². The first-order chi connectivity index (χ1) is 7.16. The minimum atomic E-state index is -0.283. The largest absolute Gasteiger partial charge is 0.497 e. The Morgan fingerprint density at radius 1 is 1.40 bits per heavy atom. The van der Waals surface area contributed by atoms with Crippen LogP contribution in [0.25, 0.3) is 0 Å². The summed E-state index contributed by atoms with van der Waals surface area (Å²) in [6.07, 6.45) is 2.68. The average Bonchev–Trinajstić information content (AvgIpc) is 2.61. The minimum absolute atomic E-state index is 0.283. The number of hydrogen-bond acceptors (Lipinski definition) is 2. The molecule has 0 aliphatic heterocycles. The standard InChI is InChI=1S/C13H16O2/c1-13(8-4-7-12(13)14)10-5-3-6-11(9-10)15-2/h3,5-6,9H,4,7-8H2,1-2H3. The number of carbonyl (C=O) groups excluding carboxylic acids is 1. The van der Waals surface area contributed by atoms with E-state index < -0.39 is 0 Å². The zero-order valence-electron chi connectivity index (χ0n) is 9.25. The Morgan fingerprint density at radius 3 is 2.80 bits per heavy atom. The van der Waals surface area contributed by atoms with Gasteiger partial charge in [0.15, 0.2) is 0 Å². The zero-order chi connectivity index (χ0) is 10.9. The van der Waals surface area contributed by atoms with Crippen LogP contribution in [0.2, 0.25) is 0 Å². The second-order valence-corrected chi connectivity index (χ2v) is 4.34. The molecular formula is C13H16O2. The van der Waals surface area contributed by atoms with Crippen molar-refractivity contribution in [3.05, 3.63) is 29.8 Å². The molecule has 0 bridgehead atoms. The molecule has 1 aromatic rings. The van der Waals surface area contributed by atoms with Gasteiger partial charge in [-0.15, -0.1) is 0 Å². The Hall–Kier alpha value is -1.31. The van der Waals surface area contributed by atoms with E-state index in [1.54, 1.807) is 7.11 Å². The van der Waals surface area contributed by atoms with Crippen LogP contribution in [0.4, 0.5) is 0 Å². The molecule has 0 radical (unpaired) electrons. The molecule has 1 aromatic carbocycles. The van der Waals surface area contributed by atoms with Crippen molar-refractivity contribution in [2.24, 2.45) is 0 Å². The van der Waals surface area contributed by atoms with E-state index in [-0.39, 0.29) is 5.41 Å². The Bertz CT molecular complexity index is 384. The van der Waals surface area contributed by atoms with Crippen molar-refractivity contribution in [3.8, 4) is 5.75 Å². The summed E-state index contributed by atoms with van der Waals surface area (Å²) < 4.78 is 5.18. The Kier molecular flexibility index (Phi) is 2.51. The van der Waals surface area contributed by atoms with Gasteiger partial charge in [0.1, 0.15) is 11.5 Å². The van der Waals surface area contributed by atoms with Crippen LogP contribution in [-0.2, 0) is 10.2 Å². The van der Waals surface area contributed by atoms with Crippen molar-refractivity contribution < 1.29 is 9.53 Å². The van der Waals surface area contributed by atoms with Crippen molar-refractivity contribution in [2.45, 2.75) is 31.6 Å². The summed E-state index contributed by atoms with van der Waals surface area (Å²) in [5.74, 6) is 1.18. The molecule has 1 atom stereocenters. The van der Waals surface area contributed by atoms with Crippen LogP contribution in [0.1, 0.15) is 31.7 Å². The van der Waals surface area contributed by atoms with Crippen LogP contribution in [0.5, 0.6) is 5.75 Å². The van der Waals surface area contributed by atoms with Gasteiger partial charge >= 0.3 is 0 Å². The van der Waals surface area contributed by atoms with Crippen LogP contribution >= 0.6 is 0 Å². The second kappa shape index (κ2) is 3.69. The van der Waals surface area contributed by atoms with E-state index in [2.05, 4.69) is 0 Å². The van der Waals surface area contributed by atoms with E-state index in [9.17, 15) is 4.79 Å². The van der Waals surface area contributed by atoms with Gasteiger partial charge in [0.2, 0.25) is 0 Å². The summed E-state index contributed by atoms with van der Waals surface area (Å²) in [5.41, 5.74) is 0.804. The molecular weight excluding hydrogens is 188 g/mol. The normalized spacial score (nSPS) is 25.6. The number of hydrogen-bond donors (Lipinski definition) is 0. The molecule has 0 spiro atoms. The number of carbonyl (C=O) groups is 1. The molecule has 1 saturated carbocycles. The monoisotopic (exact) mass is 204 g/mol. The molecule has 0 N–H and O–H groups in total. The number of methoxy groups -OCH3 is 1. The summed E-state index contributed by atoms with van der Waals surface area (Å²) in [6.45, 7) is 2.04. The van der Waals surface area contributed by atoms with Gasteiger partial charge in [-0.3, -0.25) is 4.79 Å². The molecule has 0 aromatic heterocycles. The first-order valence-electron chi connectivity index (χ1n) is 5.34. The average molecular weight is 204 g/mol. The third-order valence-corrected chi connectivity index (χ3v) is 3.40. The molecule has 80 valence electrons. The lowest BCUT2D eigenvalue weighted by atomic mass is 9.80. The van der Waals surface area contributed by atoms with Crippen LogP contribution in [0.15, 0.2) is 24.3 Å². The van der Waals surface area contributed by atoms with Crippen molar-refractivity contribution in [1.29, 1.82) is 0 Å². The second-order valence-electron chi connectivity index (χ2n) is 4.34. The third-order valence-electron chi connectivity index (χ3n) is 3.40. The molecule has 1 aliphatic carbocycles. The lowest BCUT2D eigenvalue weighted by Gasteiger charge is -2.22. The third kappa shape index (κ3) is 1.65. The fourth-order valence-electron chi connectivity index (χ4n) is 2.29. The number of Topliss-reactive ketones (excluding diaryl/α,β-unsaturated/α-hetero) is 1. The number of rotatable bonds is 2. The van der Waals surface area contributed by atoms with Crippen molar-refractivity contribution in [1.82, 2.24) is 0 Å². The van der Waals surface area contributed by atoms with Crippen LogP contribution in [-0.4, -0.2) is 12.9 Å². The van der Waals surface area contributed by atoms with E-state index in [0.29, 0.717) is 12.2 Å². The van der Waals surface area contributed by atoms with Crippen LogP contribution in [0, 0.1) is 0 Å². The summed E-state index contributed by atoms with van der Waals surface area (Å²) in [5, 5.41) is 0. The predicted octanol–water partition coefficient (Wildman–Crippen LogP) is 2.71. The zero-order valence-corrected chi connectivity index (χ0v) is 9.25. The van der Waals surface area contributed by atoms with Gasteiger partial charge in [-0.2, -0.15) is 0 Å². The topological polar surface area (TPSA) is 26.3 Å². The Labute approximate surface area is 90.3 Å². The van der Waals surface area contributed by atoms with E-state index >= 15 is 0 Å². The van der Waals surface area contributed by atoms with E-state index in [1.165, 1.54) is 0 Å². The highest BCUT2D eigenvalue weighted by atomic mass is 16.5. The Balaban J connectivity index is 2.39. The molecule has 2 heteroatoms. The molecule has 0 saturated heterocycles. The quantitative estimate of drug-likeness (QED) is 0.740. The maximum absolute atomic E-state index is 11.9. The molecule has 1 aliphatic rings. The molecule has 0 amide bonds. The summed E-state index contributed by atoms with van der Waals surface area (Å²) in [7, 11) is 1.65. The fraction of sp³-hybridized carbons (Fsp3) is 0.462. The number of ketones is 1. The van der Waals surface area contributed by atoms with E-state index in [4.69, 9.17) is 4.74 Å². The van der Waals surface area contributed by atoms with Crippen molar-refractivity contribution in [2.75, 3.05) is 7.11 Å². The molecule has 1 fully saturated rings. The number of benzene rings is 1. The maximum atomic E-state index is 11.9. The minimum Gasteiger partial charge on any atom is -0.497 e. The lowest BCUT2D eigenvalue weighted by molar-refractivity contribution is -0.121. The molecule has 15 heavy (non-hydrogen) atoms. The summed E-state index contributed by atoms with van der Waals surface area (Å²) in [6, 6.07) is 7.85. The highest BCUT2D eigenvalue weighted by molar-refractivity contribution is 5.91. The molecule has 2 nitrogen and oxygen atoms in total. The SMILES string of the molecule is COc1cccc(C2(C)CCCC2=O)c1. The van der Waals surface area contributed by atoms with Gasteiger partial charge in [0, 0.05) is 6.42 Å². The van der Waals surface area contributed by atoms with Gasteiger partial charge in [0.05, 0.1) is 12.5 Å². The van der Waals surface area contributed by atoms with Crippen LogP contribution < -0.4 is 4.74 Å². The Morgan fingerprint density at radius 2 is 2.20 bits per heavy atom. The molecule has 2 rings (SSSR count). The van der Waals surface area contributed by atoms with Crippen molar-refractivity contribution in [3.63, 3.8) is 0 Å². The lowest BCUT2D eigenvalue weighted by Crippen LogP contribution is -2.26. The predicted molar refractivity (Wildman–Crippen MR) is 59.2 cm³/mol. The van der Waals surface area contributed by atoms with Crippen molar-refractivity contribution >= 4 is 5.78 Å². The fourth-order valence-corrected chi connectivity index (χ4v) is 2.29. The van der Waals surface area contributed by atoms with E-state index in [1.807, 2.05) is 31.2 Å². The van der Waals surface area contributed by atoms with Gasteiger partial charge < -0.3 is 4.74 Å². The smallest absolute Gasteiger partial charge is 0.143 e. The maximum Gasteiger partial charge on any atom is 0.143 e. The highest BCUT2D eigenvalue weighted by Crippen LogP contribution is 2.38. The van der Waals surface area contributed by atoms with Crippen LogP contribution in [0.3, 0.4) is 0 Å². The first kappa shape index (κ1) is 10.2. The summed E-state index contributed by atoms with van der Waals surface area (Å²) in [4.78, 5) is 11.9. The highest BCUT2D eigenvalue weighted by Gasteiger charge is 2.38. The summed E-state index contributed by atoms with van der Waals surface area (Å²) >= 11 is 0. The van der Waals surface area contributed by atoms with Gasteiger partial charge in [-0.05, 0) is 37.5 Å². The van der Waals surface area contributed by atoms with E-state index in [0.717, 1.165) is 24.2 Å². The van der Waals surface area contributed by atoms with Gasteiger partial charge in [-0.25, -0.2) is 0 Å². The van der Waals surface area contributed by atoms with Gasteiger partial charge in [0.25, 0.3) is 0 Å². The molecule has 0 heterocycles. The molecule has 1 unspecified atom stereocenters.